The summed E-state index contributed by atoms with van der Waals surface area (Å²) in [6.45, 7) is 1.74. The summed E-state index contributed by atoms with van der Waals surface area (Å²) in [4.78, 5) is 31.9. The van der Waals surface area contributed by atoms with Crippen LogP contribution in [0.25, 0.3) is 0 Å². The number of amides is 2. The predicted molar refractivity (Wildman–Crippen MR) is 110 cm³/mol. The summed E-state index contributed by atoms with van der Waals surface area (Å²) < 4.78 is 0. The van der Waals surface area contributed by atoms with Crippen LogP contribution in [0.4, 0.5) is 0 Å². The average Bonchev–Trinajstić information content (AvgIpc) is 3.06. The summed E-state index contributed by atoms with van der Waals surface area (Å²) in [5.74, 6) is 1.16. The Labute approximate surface area is 168 Å². The van der Waals surface area contributed by atoms with E-state index >= 15 is 0 Å². The summed E-state index contributed by atoms with van der Waals surface area (Å²) >= 11 is 0. The number of likely N-dealkylation sites (N-methyl/N-ethyl adjacent to an activating group) is 1. The fourth-order valence-electron chi connectivity index (χ4n) is 3.39. The summed E-state index contributed by atoms with van der Waals surface area (Å²) in [6.07, 6.45) is 6.64. The lowest BCUT2D eigenvalue weighted by Crippen LogP contribution is -2.48. The van der Waals surface area contributed by atoms with Crippen molar-refractivity contribution in [3.8, 4) is 0 Å². The van der Waals surface area contributed by atoms with E-state index in [-0.39, 0.29) is 48.4 Å². The molecule has 1 aliphatic carbocycles. The smallest absolute Gasteiger partial charge is 0.241 e. The standard InChI is InChI=1S/C17H31N5O2.HI/c1-18-17(19-11-15(23)21(2)3)20-14-9-10-22(12-14)16(24)13-7-5-4-6-8-13;/h13-14H,4-12H2,1-3H3,(H2,18,19,20);1H. The van der Waals surface area contributed by atoms with E-state index in [2.05, 4.69) is 15.6 Å². The number of nitrogens with zero attached hydrogens (tertiary/aromatic N) is 3. The predicted octanol–water partition coefficient (Wildman–Crippen LogP) is 1.04. The molecule has 0 bridgehead atoms. The number of guanidine groups is 1. The molecule has 0 aromatic heterocycles. The zero-order valence-corrected chi connectivity index (χ0v) is 17.9. The van der Waals surface area contributed by atoms with Crippen molar-refractivity contribution in [3.05, 3.63) is 0 Å². The van der Waals surface area contributed by atoms with Crippen LogP contribution in [0.1, 0.15) is 38.5 Å². The molecule has 2 fully saturated rings. The van der Waals surface area contributed by atoms with Gasteiger partial charge in [-0.05, 0) is 19.3 Å². The highest BCUT2D eigenvalue weighted by Gasteiger charge is 2.31. The molecule has 0 spiro atoms. The van der Waals surface area contributed by atoms with Crippen molar-refractivity contribution in [2.75, 3.05) is 40.8 Å². The molecule has 0 aromatic carbocycles. The molecule has 1 saturated heterocycles. The number of aliphatic imine (C=N–C) groups is 1. The molecule has 8 heteroatoms. The quantitative estimate of drug-likeness (QED) is 0.370. The average molecular weight is 465 g/mol. The number of likely N-dealkylation sites (tertiary alicyclic amines) is 1. The summed E-state index contributed by atoms with van der Waals surface area (Å²) in [6, 6.07) is 0.193. The largest absolute Gasteiger partial charge is 0.352 e. The van der Waals surface area contributed by atoms with E-state index in [1.165, 1.54) is 19.3 Å². The molecule has 0 aromatic rings. The Morgan fingerprint density at radius 2 is 1.84 bits per heavy atom. The topological polar surface area (TPSA) is 77.0 Å². The minimum absolute atomic E-state index is 0. The molecular formula is C17H32IN5O2. The third-order valence-electron chi connectivity index (χ3n) is 4.92. The lowest BCUT2D eigenvalue weighted by molar-refractivity contribution is -0.135. The van der Waals surface area contributed by atoms with Gasteiger partial charge >= 0.3 is 0 Å². The van der Waals surface area contributed by atoms with Crippen molar-refractivity contribution >= 4 is 41.8 Å². The van der Waals surface area contributed by atoms with Crippen LogP contribution >= 0.6 is 24.0 Å². The Balaban J connectivity index is 0.00000312. The molecule has 2 aliphatic rings. The van der Waals surface area contributed by atoms with E-state index in [9.17, 15) is 9.59 Å². The molecule has 0 radical (unpaired) electrons. The maximum atomic E-state index is 12.6. The third-order valence-corrected chi connectivity index (χ3v) is 4.92. The maximum Gasteiger partial charge on any atom is 0.241 e. The van der Waals surface area contributed by atoms with Crippen molar-refractivity contribution < 1.29 is 9.59 Å². The normalized spacial score (nSPS) is 21.5. The number of hydrogen-bond acceptors (Lipinski definition) is 3. The van der Waals surface area contributed by atoms with Gasteiger partial charge < -0.3 is 20.4 Å². The second-order valence-electron chi connectivity index (χ2n) is 6.96. The van der Waals surface area contributed by atoms with Gasteiger partial charge in [0.25, 0.3) is 0 Å². The van der Waals surface area contributed by atoms with Crippen LogP contribution in [0.15, 0.2) is 4.99 Å². The van der Waals surface area contributed by atoms with Crippen molar-refractivity contribution in [2.45, 2.75) is 44.6 Å². The zero-order chi connectivity index (χ0) is 17.5. The highest BCUT2D eigenvalue weighted by molar-refractivity contribution is 14.0. The second kappa shape index (κ2) is 10.8. The van der Waals surface area contributed by atoms with E-state index < -0.39 is 0 Å². The number of carbonyl (C=O) groups excluding carboxylic acids is 2. The Morgan fingerprint density at radius 1 is 1.16 bits per heavy atom. The van der Waals surface area contributed by atoms with E-state index in [1.807, 2.05) is 4.90 Å². The molecule has 1 unspecified atom stereocenters. The minimum Gasteiger partial charge on any atom is -0.352 e. The molecule has 1 atom stereocenters. The lowest BCUT2D eigenvalue weighted by Gasteiger charge is -2.26. The fourth-order valence-corrected chi connectivity index (χ4v) is 3.39. The first-order valence-corrected chi connectivity index (χ1v) is 8.97. The molecule has 2 amide bonds. The van der Waals surface area contributed by atoms with Crippen molar-refractivity contribution in [2.24, 2.45) is 10.9 Å². The van der Waals surface area contributed by atoms with Crippen molar-refractivity contribution in [3.63, 3.8) is 0 Å². The van der Waals surface area contributed by atoms with Gasteiger partial charge in [0.15, 0.2) is 5.96 Å². The van der Waals surface area contributed by atoms with Gasteiger partial charge in [-0.1, -0.05) is 19.3 Å². The highest BCUT2D eigenvalue weighted by atomic mass is 127. The lowest BCUT2D eigenvalue weighted by atomic mass is 9.88. The molecule has 1 saturated carbocycles. The molecular weight excluding hydrogens is 433 g/mol. The van der Waals surface area contributed by atoms with Crippen LogP contribution < -0.4 is 10.6 Å². The van der Waals surface area contributed by atoms with Crippen LogP contribution in [0.2, 0.25) is 0 Å². The van der Waals surface area contributed by atoms with Gasteiger partial charge in [0.05, 0.1) is 6.54 Å². The SMILES string of the molecule is CN=C(NCC(=O)N(C)C)NC1CCN(C(=O)C2CCCCC2)C1.I. The van der Waals surface area contributed by atoms with Gasteiger partial charge in [0.1, 0.15) is 0 Å². The Morgan fingerprint density at radius 3 is 2.44 bits per heavy atom. The first kappa shape index (κ1) is 22.0. The number of hydrogen-bond donors (Lipinski definition) is 2. The summed E-state index contributed by atoms with van der Waals surface area (Å²) in [5.41, 5.74) is 0. The van der Waals surface area contributed by atoms with Gasteiger partial charge in [-0.25, -0.2) is 0 Å². The Kier molecular flexibility index (Phi) is 9.52. The van der Waals surface area contributed by atoms with Crippen LogP contribution in [0.3, 0.4) is 0 Å². The zero-order valence-electron chi connectivity index (χ0n) is 15.6. The fraction of sp³-hybridized carbons (Fsp3) is 0.824. The minimum atomic E-state index is -0.00141. The maximum absolute atomic E-state index is 12.6. The van der Waals surface area contributed by atoms with E-state index in [4.69, 9.17) is 0 Å². The van der Waals surface area contributed by atoms with Gasteiger partial charge in [0.2, 0.25) is 11.8 Å². The van der Waals surface area contributed by atoms with Gasteiger partial charge in [-0.3, -0.25) is 14.6 Å². The van der Waals surface area contributed by atoms with Crippen molar-refractivity contribution in [1.82, 2.24) is 20.4 Å². The molecule has 25 heavy (non-hydrogen) atoms. The van der Waals surface area contributed by atoms with Gasteiger partial charge in [-0.2, -0.15) is 0 Å². The molecule has 1 aliphatic heterocycles. The van der Waals surface area contributed by atoms with Gasteiger partial charge in [0, 0.05) is 46.2 Å². The molecule has 2 rings (SSSR count). The third kappa shape index (κ3) is 6.63. The van der Waals surface area contributed by atoms with Crippen LogP contribution in [0, 0.1) is 5.92 Å². The number of carbonyl (C=O) groups is 2. The molecule has 1 heterocycles. The van der Waals surface area contributed by atoms with Crippen molar-refractivity contribution in [1.29, 1.82) is 0 Å². The Bertz CT molecular complexity index is 478. The van der Waals surface area contributed by atoms with E-state index in [0.717, 1.165) is 32.4 Å². The van der Waals surface area contributed by atoms with Crippen LogP contribution in [0.5, 0.6) is 0 Å². The van der Waals surface area contributed by atoms with Crippen LogP contribution in [-0.2, 0) is 9.59 Å². The summed E-state index contributed by atoms with van der Waals surface area (Å²) in [5, 5.41) is 6.35. The molecule has 144 valence electrons. The number of nitrogens with one attached hydrogen (secondary N) is 2. The molecule has 7 nitrogen and oxygen atoms in total. The monoisotopic (exact) mass is 465 g/mol. The molecule has 2 N–H and O–H groups in total. The summed E-state index contributed by atoms with van der Waals surface area (Å²) in [7, 11) is 5.15. The number of rotatable bonds is 4. The van der Waals surface area contributed by atoms with Crippen LogP contribution in [-0.4, -0.2) is 74.4 Å². The van der Waals surface area contributed by atoms with E-state index in [1.54, 1.807) is 26.0 Å². The van der Waals surface area contributed by atoms with E-state index in [0.29, 0.717) is 11.9 Å². The van der Waals surface area contributed by atoms with Gasteiger partial charge in [-0.15, -0.1) is 24.0 Å². The number of halogens is 1. The highest BCUT2D eigenvalue weighted by Crippen LogP contribution is 2.26. The Hall–Kier alpha value is -1.06. The second-order valence-corrected chi connectivity index (χ2v) is 6.96. The first-order chi connectivity index (χ1) is 11.5. The first-order valence-electron chi connectivity index (χ1n) is 8.97.